The van der Waals surface area contributed by atoms with Gasteiger partial charge in [-0.15, -0.1) is 0 Å². The van der Waals surface area contributed by atoms with Gasteiger partial charge in [0.15, 0.2) is 17.9 Å². The second kappa shape index (κ2) is 3.66. The molecular formula is C11H13FN2O2. The van der Waals surface area contributed by atoms with Crippen LogP contribution in [0.2, 0.25) is 0 Å². The van der Waals surface area contributed by atoms with E-state index in [9.17, 15) is 9.18 Å². The Morgan fingerprint density at radius 2 is 2.25 bits per heavy atom. The molecule has 0 fully saturated rings. The van der Waals surface area contributed by atoms with Crippen LogP contribution in [0.25, 0.3) is 0 Å². The predicted octanol–water partition coefficient (Wildman–Crippen LogP) is 1.54. The zero-order chi connectivity index (χ0) is 11.9. The molecule has 0 saturated heterocycles. The lowest BCUT2D eigenvalue weighted by atomic mass is 10.2. The second-order valence-corrected chi connectivity index (χ2v) is 3.99. The molecule has 1 heterocycles. The Bertz CT molecular complexity index is 434. The van der Waals surface area contributed by atoms with E-state index < -0.39 is 12.0 Å². The largest absolute Gasteiger partial charge is 0.461 e. The molecule has 2 rings (SSSR count). The van der Waals surface area contributed by atoms with Crippen molar-refractivity contribution < 1.29 is 13.9 Å². The maximum absolute atomic E-state index is 13.8. The number of benzene rings is 1. The number of anilines is 2. The molecule has 0 radical (unpaired) electrons. The Kier molecular flexibility index (Phi) is 2.46. The van der Waals surface area contributed by atoms with Gasteiger partial charge in [0.25, 0.3) is 0 Å². The van der Waals surface area contributed by atoms with Gasteiger partial charge in [-0.3, -0.25) is 4.79 Å². The number of hydrogen-bond donors (Lipinski definition) is 1. The summed E-state index contributed by atoms with van der Waals surface area (Å²) in [5.74, 6) is -0.142. The molecule has 0 spiro atoms. The van der Waals surface area contributed by atoms with Crippen molar-refractivity contribution in [1.29, 1.82) is 0 Å². The number of halogens is 1. The van der Waals surface area contributed by atoms with Crippen LogP contribution in [0.5, 0.6) is 5.75 Å². The molecule has 4 nitrogen and oxygen atoms in total. The van der Waals surface area contributed by atoms with E-state index in [1.165, 1.54) is 12.1 Å². The lowest BCUT2D eigenvalue weighted by Crippen LogP contribution is -2.41. The number of carbonyl (C=O) groups excluding carboxylic acids is 1. The zero-order valence-corrected chi connectivity index (χ0v) is 9.11. The number of fused-ring (bicyclic) bond motifs is 1. The minimum Gasteiger partial charge on any atom is -0.461 e. The SMILES string of the molecule is CC(C)N1c2c(F)cc(N)cc2OC1C=O. The zero-order valence-electron chi connectivity index (χ0n) is 9.11. The topological polar surface area (TPSA) is 55.6 Å². The fraction of sp³-hybridized carbons (Fsp3) is 0.364. The summed E-state index contributed by atoms with van der Waals surface area (Å²) in [7, 11) is 0. The van der Waals surface area contributed by atoms with Crippen LogP contribution < -0.4 is 15.4 Å². The third-order valence-electron chi connectivity index (χ3n) is 2.50. The highest BCUT2D eigenvalue weighted by atomic mass is 19.1. The van der Waals surface area contributed by atoms with E-state index in [0.717, 1.165) is 0 Å². The van der Waals surface area contributed by atoms with E-state index in [-0.39, 0.29) is 11.7 Å². The molecule has 1 aliphatic rings. The highest BCUT2D eigenvalue weighted by Gasteiger charge is 2.35. The summed E-state index contributed by atoms with van der Waals surface area (Å²) >= 11 is 0. The van der Waals surface area contributed by atoms with Gasteiger partial charge >= 0.3 is 0 Å². The number of rotatable bonds is 2. The Balaban J connectivity index is 2.54. The molecule has 86 valence electrons. The predicted molar refractivity (Wildman–Crippen MR) is 58.9 cm³/mol. The lowest BCUT2D eigenvalue weighted by Gasteiger charge is -2.25. The van der Waals surface area contributed by atoms with Gasteiger partial charge in [-0.2, -0.15) is 0 Å². The first-order valence-electron chi connectivity index (χ1n) is 5.04. The third kappa shape index (κ3) is 1.48. The number of nitrogens with two attached hydrogens (primary N) is 1. The van der Waals surface area contributed by atoms with Crippen LogP contribution in [0, 0.1) is 5.82 Å². The van der Waals surface area contributed by atoms with Crippen LogP contribution in [0.4, 0.5) is 15.8 Å². The van der Waals surface area contributed by atoms with E-state index in [0.29, 0.717) is 17.7 Å². The van der Waals surface area contributed by atoms with E-state index >= 15 is 0 Å². The maximum Gasteiger partial charge on any atom is 0.229 e. The average Bonchev–Trinajstić information content (AvgIpc) is 2.55. The van der Waals surface area contributed by atoms with Gasteiger partial charge < -0.3 is 15.4 Å². The molecule has 5 heteroatoms. The number of carbonyl (C=O) groups is 1. The Hall–Kier alpha value is -1.78. The number of hydrogen-bond acceptors (Lipinski definition) is 4. The summed E-state index contributed by atoms with van der Waals surface area (Å²) in [6, 6.07) is 2.72. The second-order valence-electron chi connectivity index (χ2n) is 3.99. The van der Waals surface area contributed by atoms with E-state index in [4.69, 9.17) is 10.5 Å². The van der Waals surface area contributed by atoms with Gasteiger partial charge in [0.05, 0.1) is 0 Å². The summed E-state index contributed by atoms with van der Waals surface area (Å²) in [4.78, 5) is 12.5. The average molecular weight is 224 g/mol. The van der Waals surface area contributed by atoms with Crippen LogP contribution in [0.15, 0.2) is 12.1 Å². The van der Waals surface area contributed by atoms with Crippen molar-refractivity contribution in [2.75, 3.05) is 10.6 Å². The number of aldehydes is 1. The van der Waals surface area contributed by atoms with Gasteiger partial charge in [-0.05, 0) is 19.9 Å². The van der Waals surface area contributed by atoms with E-state index in [1.807, 2.05) is 13.8 Å². The summed E-state index contributed by atoms with van der Waals surface area (Å²) in [6.07, 6.45) is -0.124. The van der Waals surface area contributed by atoms with E-state index in [2.05, 4.69) is 0 Å². The Morgan fingerprint density at radius 3 is 2.81 bits per heavy atom. The minimum atomic E-state index is -0.772. The van der Waals surface area contributed by atoms with Crippen molar-refractivity contribution in [3.05, 3.63) is 17.9 Å². The van der Waals surface area contributed by atoms with Gasteiger partial charge in [0.1, 0.15) is 5.69 Å². The van der Waals surface area contributed by atoms with Crippen LogP contribution in [-0.4, -0.2) is 18.6 Å². The van der Waals surface area contributed by atoms with Crippen molar-refractivity contribution in [3.8, 4) is 5.75 Å². The van der Waals surface area contributed by atoms with Crippen molar-refractivity contribution in [1.82, 2.24) is 0 Å². The van der Waals surface area contributed by atoms with Crippen molar-refractivity contribution in [2.45, 2.75) is 26.1 Å². The maximum atomic E-state index is 13.8. The monoisotopic (exact) mass is 224 g/mol. The summed E-state index contributed by atoms with van der Waals surface area (Å²) in [5, 5.41) is 0. The van der Waals surface area contributed by atoms with Gasteiger partial charge in [0, 0.05) is 17.8 Å². The molecule has 0 aliphatic carbocycles. The van der Waals surface area contributed by atoms with Gasteiger partial charge in [0.2, 0.25) is 6.23 Å². The first-order chi connectivity index (χ1) is 7.54. The Morgan fingerprint density at radius 1 is 1.56 bits per heavy atom. The quantitative estimate of drug-likeness (QED) is 0.611. The van der Waals surface area contributed by atoms with Crippen molar-refractivity contribution in [2.24, 2.45) is 0 Å². The number of nitrogen functional groups attached to an aromatic ring is 1. The lowest BCUT2D eigenvalue weighted by molar-refractivity contribution is -0.113. The molecular weight excluding hydrogens is 211 g/mol. The number of nitrogens with zero attached hydrogens (tertiary/aromatic N) is 1. The molecule has 1 aromatic carbocycles. The molecule has 0 saturated carbocycles. The molecule has 1 aromatic rings. The first-order valence-corrected chi connectivity index (χ1v) is 5.04. The number of ether oxygens (including phenoxy) is 1. The van der Waals surface area contributed by atoms with Crippen LogP contribution in [0.3, 0.4) is 0 Å². The molecule has 0 bridgehead atoms. The fourth-order valence-electron chi connectivity index (χ4n) is 1.89. The van der Waals surface area contributed by atoms with E-state index in [1.54, 1.807) is 4.90 Å². The third-order valence-corrected chi connectivity index (χ3v) is 2.50. The highest BCUT2D eigenvalue weighted by Crippen LogP contribution is 2.41. The molecule has 0 amide bonds. The van der Waals surface area contributed by atoms with Crippen molar-refractivity contribution >= 4 is 17.7 Å². The highest BCUT2D eigenvalue weighted by molar-refractivity contribution is 5.75. The molecule has 0 aromatic heterocycles. The standard InChI is InChI=1S/C11H13FN2O2/c1-6(2)14-10(5-15)16-9-4-7(13)3-8(12)11(9)14/h3-6,10H,13H2,1-2H3. The van der Waals surface area contributed by atoms with Crippen LogP contribution in [0.1, 0.15) is 13.8 Å². The molecule has 16 heavy (non-hydrogen) atoms. The van der Waals surface area contributed by atoms with Crippen LogP contribution in [-0.2, 0) is 4.79 Å². The summed E-state index contributed by atoms with van der Waals surface area (Å²) in [5.41, 5.74) is 6.10. The van der Waals surface area contributed by atoms with Crippen molar-refractivity contribution in [3.63, 3.8) is 0 Å². The molecule has 1 unspecified atom stereocenters. The molecule has 2 N–H and O–H groups in total. The fourth-order valence-corrected chi connectivity index (χ4v) is 1.89. The summed E-state index contributed by atoms with van der Waals surface area (Å²) in [6.45, 7) is 3.73. The van der Waals surface area contributed by atoms with Gasteiger partial charge in [-0.1, -0.05) is 0 Å². The minimum absolute atomic E-state index is 0.0328. The van der Waals surface area contributed by atoms with Gasteiger partial charge in [-0.25, -0.2) is 4.39 Å². The normalized spacial score (nSPS) is 18.5. The summed E-state index contributed by atoms with van der Waals surface area (Å²) < 4.78 is 19.1. The molecule has 1 atom stereocenters. The molecule has 1 aliphatic heterocycles. The Labute approximate surface area is 92.8 Å². The smallest absolute Gasteiger partial charge is 0.229 e. The van der Waals surface area contributed by atoms with Crippen LogP contribution >= 0.6 is 0 Å². The first kappa shape index (κ1) is 10.7.